The zero-order valence-corrected chi connectivity index (χ0v) is 11.8. The predicted octanol–water partition coefficient (Wildman–Crippen LogP) is 1.47. The molecule has 0 spiro atoms. The summed E-state index contributed by atoms with van der Waals surface area (Å²) in [5.41, 5.74) is -1.42. The molecule has 1 fully saturated rings. The molecule has 1 saturated heterocycles. The summed E-state index contributed by atoms with van der Waals surface area (Å²) in [5.74, 6) is -2.00. The van der Waals surface area contributed by atoms with Crippen LogP contribution in [0.2, 0.25) is 0 Å². The molecular weight excluding hydrogens is 317 g/mol. The zero-order chi connectivity index (χ0) is 17.0. The van der Waals surface area contributed by atoms with Crippen LogP contribution in [-0.4, -0.2) is 30.4 Å². The molecule has 0 bridgehead atoms. The minimum atomic E-state index is -4.62. The Labute approximate surface area is 129 Å². The lowest BCUT2D eigenvalue weighted by atomic mass is 10.1. The molecule has 0 unspecified atom stereocenters. The van der Waals surface area contributed by atoms with E-state index in [1.807, 2.05) is 5.32 Å². The van der Waals surface area contributed by atoms with Crippen molar-refractivity contribution >= 4 is 23.5 Å². The van der Waals surface area contributed by atoms with Crippen molar-refractivity contribution in [1.29, 1.82) is 0 Å². The van der Waals surface area contributed by atoms with Crippen LogP contribution in [0.25, 0.3) is 0 Å². The number of amides is 2. The van der Waals surface area contributed by atoms with E-state index in [0.717, 1.165) is 12.1 Å². The molecule has 124 valence electrons. The van der Waals surface area contributed by atoms with Gasteiger partial charge in [0.05, 0.1) is 11.3 Å². The van der Waals surface area contributed by atoms with Gasteiger partial charge in [0.15, 0.2) is 6.61 Å². The van der Waals surface area contributed by atoms with E-state index in [2.05, 4.69) is 10.1 Å². The second kappa shape index (κ2) is 6.67. The van der Waals surface area contributed by atoms with Gasteiger partial charge in [0, 0.05) is 6.42 Å². The molecule has 2 rings (SSSR count). The monoisotopic (exact) mass is 330 g/mol. The van der Waals surface area contributed by atoms with E-state index in [1.165, 1.54) is 12.1 Å². The first-order valence-electron chi connectivity index (χ1n) is 6.69. The Balaban J connectivity index is 1.91. The number of hydrogen-bond acceptors (Lipinski definition) is 4. The van der Waals surface area contributed by atoms with Crippen LogP contribution >= 0.6 is 0 Å². The number of rotatable bonds is 4. The second-order valence-electron chi connectivity index (χ2n) is 4.86. The highest BCUT2D eigenvalue weighted by Crippen LogP contribution is 2.34. The van der Waals surface area contributed by atoms with E-state index in [0.29, 0.717) is 0 Å². The van der Waals surface area contributed by atoms with E-state index in [-0.39, 0.29) is 18.7 Å². The molecule has 23 heavy (non-hydrogen) atoms. The van der Waals surface area contributed by atoms with E-state index in [9.17, 15) is 27.6 Å². The third kappa shape index (κ3) is 4.44. The number of halogens is 3. The summed E-state index contributed by atoms with van der Waals surface area (Å²) in [6.45, 7) is -0.739. The Hall–Kier alpha value is -2.58. The summed E-state index contributed by atoms with van der Waals surface area (Å²) in [7, 11) is 0. The third-order valence-corrected chi connectivity index (χ3v) is 3.13. The van der Waals surface area contributed by atoms with Gasteiger partial charge in [-0.3, -0.25) is 9.59 Å². The van der Waals surface area contributed by atoms with Crippen LogP contribution in [0.1, 0.15) is 18.4 Å². The van der Waals surface area contributed by atoms with Crippen LogP contribution in [0.4, 0.5) is 18.9 Å². The fraction of sp³-hybridized carbons (Fsp3) is 0.357. The van der Waals surface area contributed by atoms with Gasteiger partial charge in [-0.2, -0.15) is 13.2 Å². The largest absolute Gasteiger partial charge is 0.454 e. The molecule has 2 amide bonds. The number of esters is 1. The van der Waals surface area contributed by atoms with Gasteiger partial charge in [-0.1, -0.05) is 12.1 Å². The molecule has 1 aliphatic heterocycles. The summed E-state index contributed by atoms with van der Waals surface area (Å²) in [6.07, 6.45) is -4.17. The SMILES string of the molecule is O=C(COC(=O)[C@H]1CCC(=O)N1)Nc1ccccc1C(F)(F)F. The van der Waals surface area contributed by atoms with E-state index in [4.69, 9.17) is 0 Å². The number of hydrogen-bond donors (Lipinski definition) is 2. The van der Waals surface area contributed by atoms with Crippen molar-refractivity contribution < 1.29 is 32.3 Å². The minimum Gasteiger partial charge on any atom is -0.454 e. The number of benzene rings is 1. The fourth-order valence-corrected chi connectivity index (χ4v) is 2.05. The van der Waals surface area contributed by atoms with Crippen molar-refractivity contribution in [2.45, 2.75) is 25.1 Å². The Morgan fingerprint density at radius 3 is 2.61 bits per heavy atom. The van der Waals surface area contributed by atoms with E-state index >= 15 is 0 Å². The van der Waals surface area contributed by atoms with Gasteiger partial charge in [0.25, 0.3) is 5.91 Å². The van der Waals surface area contributed by atoms with Gasteiger partial charge >= 0.3 is 12.1 Å². The Bertz CT molecular complexity index is 631. The summed E-state index contributed by atoms with van der Waals surface area (Å²) >= 11 is 0. The Morgan fingerprint density at radius 2 is 2.00 bits per heavy atom. The molecule has 1 aromatic carbocycles. The molecule has 0 aliphatic carbocycles. The summed E-state index contributed by atoms with van der Waals surface area (Å²) in [6, 6.07) is 3.64. The van der Waals surface area contributed by atoms with Crippen LogP contribution in [0.3, 0.4) is 0 Å². The number of nitrogens with one attached hydrogen (secondary N) is 2. The topological polar surface area (TPSA) is 84.5 Å². The second-order valence-corrected chi connectivity index (χ2v) is 4.86. The van der Waals surface area contributed by atoms with Gasteiger partial charge in [0.1, 0.15) is 6.04 Å². The predicted molar refractivity (Wildman–Crippen MR) is 72.2 cm³/mol. The van der Waals surface area contributed by atoms with Crippen LogP contribution in [0.15, 0.2) is 24.3 Å². The highest BCUT2D eigenvalue weighted by molar-refractivity contribution is 5.94. The van der Waals surface area contributed by atoms with Gasteiger partial charge in [-0.15, -0.1) is 0 Å². The lowest BCUT2D eigenvalue weighted by Gasteiger charge is -2.14. The smallest absolute Gasteiger partial charge is 0.418 e. The molecular formula is C14H13F3N2O4. The van der Waals surface area contributed by atoms with Crippen molar-refractivity contribution in [1.82, 2.24) is 5.32 Å². The molecule has 2 N–H and O–H groups in total. The lowest BCUT2D eigenvalue weighted by Crippen LogP contribution is -2.36. The first kappa shape index (κ1) is 16.8. The highest BCUT2D eigenvalue weighted by Gasteiger charge is 2.34. The maximum absolute atomic E-state index is 12.8. The molecule has 0 radical (unpaired) electrons. The van der Waals surface area contributed by atoms with E-state index in [1.54, 1.807) is 0 Å². The van der Waals surface area contributed by atoms with E-state index < -0.39 is 42.0 Å². The number of carbonyl (C=O) groups is 3. The summed E-state index contributed by atoms with van der Waals surface area (Å²) in [5, 5.41) is 4.41. The van der Waals surface area contributed by atoms with Crippen molar-refractivity contribution in [3.63, 3.8) is 0 Å². The van der Waals surface area contributed by atoms with Crippen LogP contribution < -0.4 is 10.6 Å². The lowest BCUT2D eigenvalue weighted by molar-refractivity contribution is -0.149. The van der Waals surface area contributed by atoms with Crippen LogP contribution in [0.5, 0.6) is 0 Å². The summed E-state index contributed by atoms with van der Waals surface area (Å²) < 4.78 is 43.0. The van der Waals surface area contributed by atoms with Crippen molar-refractivity contribution in [2.75, 3.05) is 11.9 Å². The van der Waals surface area contributed by atoms with Gasteiger partial charge < -0.3 is 15.4 Å². The van der Waals surface area contributed by atoms with Crippen molar-refractivity contribution in [2.24, 2.45) is 0 Å². The van der Waals surface area contributed by atoms with Crippen LogP contribution in [0, 0.1) is 0 Å². The normalized spacial score (nSPS) is 17.5. The molecule has 6 nitrogen and oxygen atoms in total. The third-order valence-electron chi connectivity index (χ3n) is 3.13. The fourth-order valence-electron chi connectivity index (χ4n) is 2.05. The molecule has 0 aromatic heterocycles. The highest BCUT2D eigenvalue weighted by atomic mass is 19.4. The molecule has 1 heterocycles. The molecule has 0 saturated carbocycles. The number of carbonyl (C=O) groups excluding carboxylic acids is 3. The van der Waals surface area contributed by atoms with Gasteiger partial charge in [-0.05, 0) is 18.6 Å². The summed E-state index contributed by atoms with van der Waals surface area (Å²) in [4.78, 5) is 34.2. The molecule has 9 heteroatoms. The average molecular weight is 330 g/mol. The molecule has 1 aromatic rings. The molecule has 1 atom stereocenters. The van der Waals surface area contributed by atoms with Gasteiger partial charge in [-0.25, -0.2) is 4.79 Å². The van der Waals surface area contributed by atoms with Crippen LogP contribution in [-0.2, 0) is 25.3 Å². The minimum absolute atomic E-state index is 0.185. The maximum Gasteiger partial charge on any atom is 0.418 e. The van der Waals surface area contributed by atoms with Gasteiger partial charge in [0.2, 0.25) is 5.91 Å². The first-order valence-corrected chi connectivity index (χ1v) is 6.69. The number of ether oxygens (including phenoxy) is 1. The van der Waals surface area contributed by atoms with Crippen molar-refractivity contribution in [3.05, 3.63) is 29.8 Å². The number of para-hydroxylation sites is 1. The number of alkyl halides is 3. The Kier molecular flexibility index (Phi) is 4.87. The zero-order valence-electron chi connectivity index (χ0n) is 11.8. The first-order chi connectivity index (χ1) is 10.8. The molecule has 1 aliphatic rings. The average Bonchev–Trinajstić information content (AvgIpc) is 2.91. The maximum atomic E-state index is 12.8. The number of anilines is 1. The standard InChI is InChI=1S/C14H13F3N2O4/c15-14(16,17)8-3-1-2-4-9(8)18-12(21)7-23-13(22)10-5-6-11(20)19-10/h1-4,10H,5-7H2,(H,18,21)(H,19,20)/t10-/m1/s1. The quantitative estimate of drug-likeness (QED) is 0.819. The van der Waals surface area contributed by atoms with Crippen molar-refractivity contribution in [3.8, 4) is 0 Å². The Morgan fingerprint density at radius 1 is 1.30 bits per heavy atom.